The normalized spacial score (nSPS) is 27.2. The first kappa shape index (κ1) is 16.5. The number of nitrogens with one attached hydrogen (secondary N) is 2. The molecule has 0 saturated carbocycles. The van der Waals surface area contributed by atoms with Crippen LogP contribution in [-0.4, -0.2) is 25.0 Å². The molecule has 1 saturated heterocycles. The molecule has 4 atom stereocenters. The highest BCUT2D eigenvalue weighted by molar-refractivity contribution is 9.10. The third kappa shape index (κ3) is 4.30. The molecule has 1 amide bonds. The third-order valence-electron chi connectivity index (χ3n) is 4.41. The molecule has 0 aliphatic carbocycles. The van der Waals surface area contributed by atoms with Crippen LogP contribution in [-0.2, 0) is 4.79 Å². The predicted molar refractivity (Wildman–Crippen MR) is 90.6 cm³/mol. The van der Waals surface area contributed by atoms with Crippen molar-refractivity contribution in [3.63, 3.8) is 0 Å². The molecular formula is C17H26BrN2O+. The van der Waals surface area contributed by atoms with Crippen molar-refractivity contribution in [2.45, 2.75) is 40.2 Å². The van der Waals surface area contributed by atoms with Crippen LogP contribution in [0.1, 0.15) is 32.8 Å². The number of piperidine rings is 1. The smallest absolute Gasteiger partial charge is 0.282 e. The zero-order valence-corrected chi connectivity index (χ0v) is 15.0. The van der Waals surface area contributed by atoms with Crippen LogP contribution in [0.3, 0.4) is 0 Å². The number of benzene rings is 1. The van der Waals surface area contributed by atoms with Gasteiger partial charge in [-0.15, -0.1) is 0 Å². The Balaban J connectivity index is 2.02. The molecule has 0 aromatic heterocycles. The van der Waals surface area contributed by atoms with Crippen molar-refractivity contribution in [2.24, 2.45) is 11.8 Å². The molecule has 0 bridgehead atoms. The zero-order valence-electron chi connectivity index (χ0n) is 13.4. The predicted octanol–water partition coefficient (Wildman–Crippen LogP) is 2.65. The largest absolute Gasteiger partial charge is 0.324 e. The Labute approximate surface area is 136 Å². The highest BCUT2D eigenvalue weighted by Gasteiger charge is 2.32. The Morgan fingerprint density at radius 1 is 1.33 bits per heavy atom. The van der Waals surface area contributed by atoms with Crippen LogP contribution in [0.5, 0.6) is 0 Å². The van der Waals surface area contributed by atoms with E-state index in [2.05, 4.69) is 35.1 Å². The SMILES string of the molecule is Cc1ccc(NC(=O)[C@@H](C)[NH+]2C[C@H](C)C[C@H](C)C2)c(Br)c1. The summed E-state index contributed by atoms with van der Waals surface area (Å²) < 4.78 is 0.943. The van der Waals surface area contributed by atoms with Gasteiger partial charge in [0.05, 0.1) is 18.8 Å². The molecule has 1 heterocycles. The van der Waals surface area contributed by atoms with Gasteiger partial charge >= 0.3 is 0 Å². The number of amides is 1. The van der Waals surface area contributed by atoms with Crippen LogP contribution in [0, 0.1) is 18.8 Å². The van der Waals surface area contributed by atoms with Gasteiger partial charge in [-0.25, -0.2) is 0 Å². The lowest BCUT2D eigenvalue weighted by atomic mass is 9.91. The second-order valence-electron chi connectivity index (χ2n) is 6.71. The second kappa shape index (κ2) is 6.93. The van der Waals surface area contributed by atoms with E-state index in [1.165, 1.54) is 16.9 Å². The molecule has 1 aliphatic heterocycles. The number of carbonyl (C=O) groups is 1. The molecule has 3 nitrogen and oxygen atoms in total. The molecule has 0 spiro atoms. The van der Waals surface area contributed by atoms with Gasteiger partial charge in [-0.3, -0.25) is 4.79 Å². The first-order valence-electron chi connectivity index (χ1n) is 7.78. The van der Waals surface area contributed by atoms with Crippen LogP contribution in [0.25, 0.3) is 0 Å². The molecule has 2 rings (SSSR count). The maximum Gasteiger partial charge on any atom is 0.282 e. The van der Waals surface area contributed by atoms with Gasteiger partial charge in [0.15, 0.2) is 6.04 Å². The highest BCUT2D eigenvalue weighted by atomic mass is 79.9. The summed E-state index contributed by atoms with van der Waals surface area (Å²) in [5, 5.41) is 3.06. The zero-order chi connectivity index (χ0) is 15.6. The molecule has 1 fully saturated rings. The summed E-state index contributed by atoms with van der Waals surface area (Å²) >= 11 is 3.52. The number of quaternary nitrogens is 1. The fraction of sp³-hybridized carbons (Fsp3) is 0.588. The van der Waals surface area contributed by atoms with E-state index in [1.54, 1.807) is 0 Å². The first-order chi connectivity index (χ1) is 9.86. The Bertz CT molecular complexity index is 508. The molecule has 1 aliphatic rings. The van der Waals surface area contributed by atoms with E-state index in [1.807, 2.05) is 32.0 Å². The monoisotopic (exact) mass is 353 g/mol. The summed E-state index contributed by atoms with van der Waals surface area (Å²) in [5.41, 5.74) is 2.03. The summed E-state index contributed by atoms with van der Waals surface area (Å²) in [4.78, 5) is 13.9. The lowest BCUT2D eigenvalue weighted by Gasteiger charge is -2.35. The van der Waals surface area contributed by atoms with Crippen LogP contribution in [0.15, 0.2) is 22.7 Å². The third-order valence-corrected chi connectivity index (χ3v) is 5.07. The molecule has 21 heavy (non-hydrogen) atoms. The van der Waals surface area contributed by atoms with Gasteiger partial charge < -0.3 is 10.2 Å². The molecule has 4 heteroatoms. The summed E-state index contributed by atoms with van der Waals surface area (Å²) in [5.74, 6) is 1.51. The number of halogens is 1. The Morgan fingerprint density at radius 3 is 2.52 bits per heavy atom. The van der Waals surface area contributed by atoms with Crippen molar-refractivity contribution in [1.82, 2.24) is 0 Å². The molecule has 0 radical (unpaired) electrons. The summed E-state index contributed by atoms with van der Waals surface area (Å²) in [6, 6.07) is 5.99. The molecule has 1 aromatic rings. The first-order valence-corrected chi connectivity index (χ1v) is 8.57. The number of likely N-dealkylation sites (tertiary alicyclic amines) is 1. The standard InChI is InChI=1S/C17H25BrN2O/c1-11-5-6-16(15(18)8-11)19-17(21)14(4)20-9-12(2)7-13(3)10-20/h5-6,8,12-14H,7,9-10H2,1-4H3,(H,19,21)/p+1/t12-,13+,14-/m1/s1. The van der Waals surface area contributed by atoms with Gasteiger partial charge in [0.25, 0.3) is 5.91 Å². The number of aryl methyl sites for hydroxylation is 1. The van der Waals surface area contributed by atoms with E-state index < -0.39 is 0 Å². The summed E-state index contributed by atoms with van der Waals surface area (Å²) in [7, 11) is 0. The van der Waals surface area contributed by atoms with Gasteiger partial charge in [0.1, 0.15) is 0 Å². The van der Waals surface area contributed by atoms with E-state index in [0.717, 1.165) is 23.2 Å². The Hall–Kier alpha value is -0.870. The second-order valence-corrected chi connectivity index (χ2v) is 7.56. The fourth-order valence-corrected chi connectivity index (χ4v) is 3.93. The average Bonchev–Trinajstić information content (AvgIpc) is 2.40. The van der Waals surface area contributed by atoms with Crippen molar-refractivity contribution < 1.29 is 9.69 Å². The Kier molecular flexibility index (Phi) is 5.44. The summed E-state index contributed by atoms with van der Waals surface area (Å²) in [6.45, 7) is 10.8. The van der Waals surface area contributed by atoms with Crippen LogP contribution in [0.2, 0.25) is 0 Å². The lowest BCUT2D eigenvalue weighted by Crippen LogP contribution is -3.18. The maximum absolute atomic E-state index is 12.5. The minimum absolute atomic E-state index is 0.0107. The number of rotatable bonds is 3. The fourth-order valence-electron chi connectivity index (χ4n) is 3.33. The van der Waals surface area contributed by atoms with Gasteiger partial charge in [-0.1, -0.05) is 19.9 Å². The highest BCUT2D eigenvalue weighted by Crippen LogP contribution is 2.23. The Morgan fingerprint density at radius 2 is 1.95 bits per heavy atom. The molecule has 1 unspecified atom stereocenters. The minimum Gasteiger partial charge on any atom is -0.324 e. The van der Waals surface area contributed by atoms with Gasteiger partial charge in [-0.05, 0) is 53.9 Å². The van der Waals surface area contributed by atoms with Crippen LogP contribution in [0.4, 0.5) is 5.69 Å². The van der Waals surface area contributed by atoms with Crippen LogP contribution >= 0.6 is 15.9 Å². The topological polar surface area (TPSA) is 33.5 Å². The number of carbonyl (C=O) groups excluding carboxylic acids is 1. The van der Waals surface area contributed by atoms with E-state index in [9.17, 15) is 4.79 Å². The number of hydrogen-bond donors (Lipinski definition) is 2. The van der Waals surface area contributed by atoms with Gasteiger partial charge in [-0.2, -0.15) is 0 Å². The van der Waals surface area contributed by atoms with Crippen LogP contribution < -0.4 is 10.2 Å². The molecule has 2 N–H and O–H groups in total. The molecule has 1 aromatic carbocycles. The van der Waals surface area contributed by atoms with E-state index in [4.69, 9.17) is 0 Å². The van der Waals surface area contributed by atoms with Crippen molar-refractivity contribution in [3.05, 3.63) is 28.2 Å². The molecule has 116 valence electrons. The lowest BCUT2D eigenvalue weighted by molar-refractivity contribution is -0.925. The van der Waals surface area contributed by atoms with Gasteiger partial charge in [0, 0.05) is 16.3 Å². The summed E-state index contributed by atoms with van der Waals surface area (Å²) in [6.07, 6.45) is 1.28. The minimum atomic E-state index is -0.0107. The quantitative estimate of drug-likeness (QED) is 0.860. The van der Waals surface area contributed by atoms with Crippen molar-refractivity contribution in [2.75, 3.05) is 18.4 Å². The van der Waals surface area contributed by atoms with Crippen molar-refractivity contribution in [3.8, 4) is 0 Å². The van der Waals surface area contributed by atoms with E-state index >= 15 is 0 Å². The van der Waals surface area contributed by atoms with Crippen molar-refractivity contribution >= 4 is 27.5 Å². The molecular weight excluding hydrogens is 328 g/mol. The number of anilines is 1. The van der Waals surface area contributed by atoms with E-state index in [0.29, 0.717) is 11.8 Å². The van der Waals surface area contributed by atoms with E-state index in [-0.39, 0.29) is 11.9 Å². The van der Waals surface area contributed by atoms with Gasteiger partial charge in [0.2, 0.25) is 0 Å². The maximum atomic E-state index is 12.5. The van der Waals surface area contributed by atoms with Crippen molar-refractivity contribution in [1.29, 1.82) is 0 Å². The number of hydrogen-bond acceptors (Lipinski definition) is 1. The average molecular weight is 354 g/mol.